The van der Waals surface area contributed by atoms with Gasteiger partial charge in [0.25, 0.3) is 0 Å². The van der Waals surface area contributed by atoms with Crippen LogP contribution in [0.5, 0.6) is 0 Å². The molecule has 1 heterocycles. The van der Waals surface area contributed by atoms with Gasteiger partial charge in [0, 0.05) is 26.2 Å². The Kier molecular flexibility index (Phi) is 3.99. The third-order valence-corrected chi connectivity index (χ3v) is 3.86. The van der Waals surface area contributed by atoms with E-state index < -0.39 is 5.54 Å². The van der Waals surface area contributed by atoms with Crippen molar-refractivity contribution in [3.05, 3.63) is 0 Å². The Labute approximate surface area is 102 Å². The molecule has 2 rings (SSSR count). The quantitative estimate of drug-likeness (QED) is 0.674. The highest BCUT2D eigenvalue weighted by molar-refractivity contribution is 5.88. The zero-order chi connectivity index (χ0) is 12.1. The topological polar surface area (TPSA) is 61.4 Å². The molecule has 1 saturated carbocycles. The Morgan fingerprint density at radius 2 is 1.82 bits per heavy atom. The summed E-state index contributed by atoms with van der Waals surface area (Å²) in [7, 11) is 0. The first kappa shape index (κ1) is 12.4. The Morgan fingerprint density at radius 1 is 1.18 bits per heavy atom. The van der Waals surface area contributed by atoms with E-state index in [-0.39, 0.29) is 5.91 Å². The number of rotatable bonds is 3. The highest BCUT2D eigenvalue weighted by Crippen LogP contribution is 2.29. The van der Waals surface area contributed by atoms with Crippen molar-refractivity contribution < 1.29 is 9.59 Å². The summed E-state index contributed by atoms with van der Waals surface area (Å²) < 4.78 is 0. The molecule has 1 aliphatic carbocycles. The van der Waals surface area contributed by atoms with Crippen LogP contribution in [0.25, 0.3) is 0 Å². The van der Waals surface area contributed by atoms with E-state index in [9.17, 15) is 9.59 Å². The third kappa shape index (κ3) is 2.60. The van der Waals surface area contributed by atoms with Gasteiger partial charge in [-0.1, -0.05) is 19.3 Å². The number of nitrogens with one attached hydrogen (secondary N) is 2. The van der Waals surface area contributed by atoms with E-state index in [0.717, 1.165) is 58.3 Å². The number of nitrogens with zero attached hydrogens (tertiary/aromatic N) is 1. The lowest BCUT2D eigenvalue weighted by molar-refractivity contribution is -0.142. The van der Waals surface area contributed by atoms with Crippen molar-refractivity contribution in [2.24, 2.45) is 0 Å². The van der Waals surface area contributed by atoms with Gasteiger partial charge in [-0.2, -0.15) is 0 Å². The predicted octanol–water partition coefficient (Wildman–Crippen LogP) is -0.133. The van der Waals surface area contributed by atoms with Gasteiger partial charge in [0.1, 0.15) is 5.54 Å². The zero-order valence-corrected chi connectivity index (χ0v) is 10.2. The summed E-state index contributed by atoms with van der Waals surface area (Å²) in [6.07, 6.45) is 5.48. The lowest BCUT2D eigenvalue weighted by atomic mass is 9.80. The number of carbonyl (C=O) groups is 2. The average Bonchev–Trinajstić information content (AvgIpc) is 2.40. The molecule has 5 nitrogen and oxygen atoms in total. The molecule has 0 unspecified atom stereocenters. The van der Waals surface area contributed by atoms with Gasteiger partial charge in [-0.05, 0) is 12.8 Å². The molecule has 0 radical (unpaired) electrons. The fourth-order valence-electron chi connectivity index (χ4n) is 2.86. The number of amides is 2. The molecule has 2 amide bonds. The fraction of sp³-hybridized carbons (Fsp3) is 0.833. The van der Waals surface area contributed by atoms with Gasteiger partial charge >= 0.3 is 0 Å². The van der Waals surface area contributed by atoms with Gasteiger partial charge in [-0.25, -0.2) is 0 Å². The summed E-state index contributed by atoms with van der Waals surface area (Å²) in [4.78, 5) is 25.2. The monoisotopic (exact) mass is 239 g/mol. The standard InChI is InChI=1S/C12H21N3O2/c16-10-14-12(4-2-1-3-5-12)11(17)15-8-6-13-7-9-15/h10,13H,1-9H2,(H,14,16). The zero-order valence-electron chi connectivity index (χ0n) is 10.2. The number of hydrogen-bond donors (Lipinski definition) is 2. The van der Waals surface area contributed by atoms with Crippen LogP contribution in [0.2, 0.25) is 0 Å². The second kappa shape index (κ2) is 5.49. The summed E-state index contributed by atoms with van der Waals surface area (Å²) >= 11 is 0. The molecule has 0 spiro atoms. The van der Waals surface area contributed by atoms with Crippen molar-refractivity contribution in [1.29, 1.82) is 0 Å². The molecule has 2 fully saturated rings. The van der Waals surface area contributed by atoms with Crippen LogP contribution in [0.3, 0.4) is 0 Å². The van der Waals surface area contributed by atoms with E-state index in [4.69, 9.17) is 0 Å². The summed E-state index contributed by atoms with van der Waals surface area (Å²) in [6.45, 7) is 3.20. The number of piperazine rings is 1. The Balaban J connectivity index is 2.08. The summed E-state index contributed by atoms with van der Waals surface area (Å²) in [5.41, 5.74) is -0.614. The molecule has 0 aromatic carbocycles. The summed E-state index contributed by atoms with van der Waals surface area (Å²) in [5.74, 6) is 0.116. The van der Waals surface area contributed by atoms with E-state index in [1.807, 2.05) is 4.90 Å². The first-order chi connectivity index (χ1) is 8.28. The van der Waals surface area contributed by atoms with Gasteiger partial charge < -0.3 is 15.5 Å². The van der Waals surface area contributed by atoms with Crippen LogP contribution < -0.4 is 10.6 Å². The maximum absolute atomic E-state index is 12.5. The summed E-state index contributed by atoms with van der Waals surface area (Å²) in [6, 6.07) is 0. The molecule has 2 aliphatic rings. The van der Waals surface area contributed by atoms with Gasteiger partial charge in [-0.3, -0.25) is 9.59 Å². The third-order valence-electron chi connectivity index (χ3n) is 3.86. The highest BCUT2D eigenvalue weighted by Gasteiger charge is 2.41. The predicted molar refractivity (Wildman–Crippen MR) is 64.5 cm³/mol. The molecule has 96 valence electrons. The average molecular weight is 239 g/mol. The molecule has 17 heavy (non-hydrogen) atoms. The molecular weight excluding hydrogens is 218 g/mol. The molecule has 0 bridgehead atoms. The molecule has 5 heteroatoms. The molecular formula is C12H21N3O2. The lowest BCUT2D eigenvalue weighted by Gasteiger charge is -2.40. The lowest BCUT2D eigenvalue weighted by Crippen LogP contribution is -2.61. The smallest absolute Gasteiger partial charge is 0.248 e. The van der Waals surface area contributed by atoms with Crippen molar-refractivity contribution in [2.45, 2.75) is 37.6 Å². The van der Waals surface area contributed by atoms with Crippen LogP contribution in [0, 0.1) is 0 Å². The van der Waals surface area contributed by atoms with Crippen LogP contribution in [-0.4, -0.2) is 48.9 Å². The van der Waals surface area contributed by atoms with Crippen LogP contribution in [0.15, 0.2) is 0 Å². The second-order valence-electron chi connectivity index (χ2n) is 4.95. The minimum absolute atomic E-state index is 0.116. The van der Waals surface area contributed by atoms with Crippen molar-refractivity contribution in [2.75, 3.05) is 26.2 Å². The van der Waals surface area contributed by atoms with Crippen molar-refractivity contribution in [1.82, 2.24) is 15.5 Å². The van der Waals surface area contributed by atoms with Crippen LogP contribution >= 0.6 is 0 Å². The number of carbonyl (C=O) groups excluding carboxylic acids is 2. The maximum atomic E-state index is 12.5. The molecule has 1 aliphatic heterocycles. The fourth-order valence-corrected chi connectivity index (χ4v) is 2.86. The van der Waals surface area contributed by atoms with Crippen LogP contribution in [-0.2, 0) is 9.59 Å². The highest BCUT2D eigenvalue weighted by atomic mass is 16.2. The minimum atomic E-state index is -0.614. The number of hydrogen-bond acceptors (Lipinski definition) is 3. The van der Waals surface area contributed by atoms with Gasteiger partial charge in [0.15, 0.2) is 0 Å². The molecule has 1 saturated heterocycles. The van der Waals surface area contributed by atoms with E-state index in [0.29, 0.717) is 6.41 Å². The Hall–Kier alpha value is -1.10. The minimum Gasteiger partial charge on any atom is -0.344 e. The normalized spacial score (nSPS) is 24.1. The van der Waals surface area contributed by atoms with E-state index in [1.165, 1.54) is 0 Å². The van der Waals surface area contributed by atoms with Gasteiger partial charge in [0.2, 0.25) is 12.3 Å². The van der Waals surface area contributed by atoms with E-state index in [2.05, 4.69) is 10.6 Å². The van der Waals surface area contributed by atoms with Crippen LogP contribution in [0.1, 0.15) is 32.1 Å². The molecule has 0 atom stereocenters. The Bertz CT molecular complexity index is 281. The first-order valence-electron chi connectivity index (χ1n) is 6.50. The summed E-state index contributed by atoms with van der Waals surface area (Å²) in [5, 5.41) is 6.04. The van der Waals surface area contributed by atoms with Crippen molar-refractivity contribution >= 4 is 12.3 Å². The van der Waals surface area contributed by atoms with Crippen LogP contribution in [0.4, 0.5) is 0 Å². The van der Waals surface area contributed by atoms with Crippen molar-refractivity contribution in [3.8, 4) is 0 Å². The van der Waals surface area contributed by atoms with Gasteiger partial charge in [0.05, 0.1) is 0 Å². The van der Waals surface area contributed by atoms with E-state index >= 15 is 0 Å². The SMILES string of the molecule is O=CNC1(C(=O)N2CCNCC2)CCCCC1. The molecule has 0 aromatic rings. The largest absolute Gasteiger partial charge is 0.344 e. The van der Waals surface area contributed by atoms with Crippen molar-refractivity contribution in [3.63, 3.8) is 0 Å². The molecule has 0 aromatic heterocycles. The maximum Gasteiger partial charge on any atom is 0.248 e. The van der Waals surface area contributed by atoms with E-state index in [1.54, 1.807) is 0 Å². The Morgan fingerprint density at radius 3 is 2.41 bits per heavy atom. The second-order valence-corrected chi connectivity index (χ2v) is 4.95. The van der Waals surface area contributed by atoms with Gasteiger partial charge in [-0.15, -0.1) is 0 Å². The first-order valence-corrected chi connectivity index (χ1v) is 6.50. The molecule has 2 N–H and O–H groups in total.